The zero-order valence-corrected chi connectivity index (χ0v) is 19.3. The number of aliphatic carboxylic acids is 1. The molecule has 12 heteroatoms. The van der Waals surface area contributed by atoms with Crippen LogP contribution in [0.1, 0.15) is 42.5 Å². The van der Waals surface area contributed by atoms with Crippen LogP contribution in [0, 0.1) is 23.1 Å². The van der Waals surface area contributed by atoms with Gasteiger partial charge in [0.2, 0.25) is 11.8 Å². The standard InChI is InChI=1S/C24H25FN6O5/c25-17-10-15(5-6-18(17)30-9-7-27-13-30)22(34)29-21(14-3-4-14)24(36)31-8-1-2-19(31)23(35)28-16(12-26)11-20(32)33/h5-7,9-10,13-14,16,19,21H,1-4,8,11H2,(H,28,35)(H,29,34)(H,32,33). The van der Waals surface area contributed by atoms with Crippen LogP contribution in [0.25, 0.3) is 5.69 Å². The van der Waals surface area contributed by atoms with Gasteiger partial charge in [0.05, 0.1) is 24.5 Å². The highest BCUT2D eigenvalue weighted by Crippen LogP contribution is 2.35. The molecule has 3 atom stereocenters. The van der Waals surface area contributed by atoms with Crippen LogP contribution in [-0.4, -0.2) is 67.9 Å². The highest BCUT2D eigenvalue weighted by Gasteiger charge is 2.44. The molecule has 3 unspecified atom stereocenters. The van der Waals surface area contributed by atoms with Gasteiger partial charge >= 0.3 is 5.97 Å². The number of halogens is 1. The number of benzene rings is 1. The summed E-state index contributed by atoms with van der Waals surface area (Å²) < 4.78 is 16.1. The number of rotatable bonds is 9. The largest absolute Gasteiger partial charge is 0.481 e. The highest BCUT2D eigenvalue weighted by atomic mass is 19.1. The normalized spacial score (nSPS) is 18.7. The number of nitriles is 1. The minimum Gasteiger partial charge on any atom is -0.481 e. The number of hydrogen-bond donors (Lipinski definition) is 3. The van der Waals surface area contributed by atoms with Crippen LogP contribution in [0.2, 0.25) is 0 Å². The smallest absolute Gasteiger partial charge is 0.306 e. The van der Waals surface area contributed by atoms with E-state index >= 15 is 0 Å². The van der Waals surface area contributed by atoms with Crippen molar-refractivity contribution in [1.29, 1.82) is 5.26 Å². The Balaban J connectivity index is 1.45. The lowest BCUT2D eigenvalue weighted by Gasteiger charge is -2.29. The molecule has 36 heavy (non-hydrogen) atoms. The van der Waals surface area contributed by atoms with Gasteiger partial charge in [-0.1, -0.05) is 0 Å². The Bertz CT molecular complexity index is 1210. The molecule has 1 aliphatic heterocycles. The van der Waals surface area contributed by atoms with E-state index < -0.39 is 54.1 Å². The van der Waals surface area contributed by atoms with Crippen LogP contribution in [0.5, 0.6) is 0 Å². The van der Waals surface area contributed by atoms with Crippen LogP contribution in [0.3, 0.4) is 0 Å². The van der Waals surface area contributed by atoms with Crippen molar-refractivity contribution in [3.8, 4) is 11.8 Å². The number of nitrogens with zero attached hydrogens (tertiary/aromatic N) is 4. The third-order valence-electron chi connectivity index (χ3n) is 6.33. The van der Waals surface area contributed by atoms with E-state index in [1.165, 1.54) is 34.1 Å². The summed E-state index contributed by atoms with van der Waals surface area (Å²) >= 11 is 0. The molecular weight excluding hydrogens is 471 g/mol. The van der Waals surface area contributed by atoms with Crippen LogP contribution in [0.4, 0.5) is 4.39 Å². The zero-order valence-electron chi connectivity index (χ0n) is 19.3. The highest BCUT2D eigenvalue weighted by molar-refractivity contribution is 5.99. The molecule has 2 aliphatic rings. The first-order valence-electron chi connectivity index (χ1n) is 11.6. The monoisotopic (exact) mass is 496 g/mol. The number of likely N-dealkylation sites (tertiary alicyclic amines) is 1. The Morgan fingerprint density at radius 3 is 2.61 bits per heavy atom. The van der Waals surface area contributed by atoms with E-state index in [1.807, 2.05) is 0 Å². The van der Waals surface area contributed by atoms with E-state index in [2.05, 4.69) is 15.6 Å². The summed E-state index contributed by atoms with van der Waals surface area (Å²) in [6.45, 7) is 0.292. The fraction of sp³-hybridized carbons (Fsp3) is 0.417. The Kier molecular flexibility index (Phi) is 7.28. The van der Waals surface area contributed by atoms with Crippen molar-refractivity contribution in [3.63, 3.8) is 0 Å². The number of carbonyl (C=O) groups is 4. The van der Waals surface area contributed by atoms with E-state index in [4.69, 9.17) is 10.4 Å². The number of carbonyl (C=O) groups excluding carboxylic acids is 3. The Morgan fingerprint density at radius 1 is 1.22 bits per heavy atom. The number of nitrogens with one attached hydrogen (secondary N) is 2. The molecule has 0 spiro atoms. The van der Waals surface area contributed by atoms with Gasteiger partial charge in [-0.05, 0) is 49.8 Å². The van der Waals surface area contributed by atoms with Gasteiger partial charge in [0, 0.05) is 24.5 Å². The van der Waals surface area contributed by atoms with Crippen molar-refractivity contribution in [2.45, 2.75) is 50.2 Å². The molecule has 0 bridgehead atoms. The third kappa shape index (κ3) is 5.51. The molecule has 4 rings (SSSR count). The van der Waals surface area contributed by atoms with E-state index in [9.17, 15) is 23.6 Å². The lowest BCUT2D eigenvalue weighted by atomic mass is 10.1. The Hall–Kier alpha value is -4.27. The molecular formula is C24H25FN6O5. The molecule has 2 fully saturated rings. The number of carboxylic acid groups (broad SMARTS) is 1. The lowest BCUT2D eigenvalue weighted by Crippen LogP contribution is -2.55. The SMILES string of the molecule is N#CC(CC(=O)O)NC(=O)C1CCCN1C(=O)C(NC(=O)c1ccc(-n2ccnc2)c(F)c1)C1CC1. The second-order valence-corrected chi connectivity index (χ2v) is 8.90. The van der Waals surface area contributed by atoms with Crippen LogP contribution in [-0.2, 0) is 14.4 Å². The third-order valence-corrected chi connectivity index (χ3v) is 6.33. The van der Waals surface area contributed by atoms with Gasteiger partial charge in [-0.3, -0.25) is 19.2 Å². The number of hydrogen-bond acceptors (Lipinski definition) is 6. The summed E-state index contributed by atoms with van der Waals surface area (Å²) in [6.07, 6.45) is 6.31. The molecule has 1 saturated heterocycles. The number of aromatic nitrogens is 2. The Morgan fingerprint density at radius 2 is 2.00 bits per heavy atom. The minimum absolute atomic E-state index is 0.0519. The Labute approximate surface area is 205 Å². The molecule has 3 amide bonds. The maximum absolute atomic E-state index is 14.6. The van der Waals surface area contributed by atoms with Gasteiger partial charge in [0.15, 0.2) is 0 Å². The van der Waals surface area contributed by atoms with E-state index in [1.54, 1.807) is 12.3 Å². The van der Waals surface area contributed by atoms with Crippen molar-refractivity contribution < 1.29 is 28.7 Å². The zero-order chi connectivity index (χ0) is 25.8. The van der Waals surface area contributed by atoms with Gasteiger partial charge in [-0.15, -0.1) is 0 Å². The predicted molar refractivity (Wildman–Crippen MR) is 122 cm³/mol. The van der Waals surface area contributed by atoms with Gasteiger partial charge in [-0.2, -0.15) is 5.26 Å². The first-order chi connectivity index (χ1) is 17.3. The van der Waals surface area contributed by atoms with Crippen molar-refractivity contribution in [2.24, 2.45) is 5.92 Å². The summed E-state index contributed by atoms with van der Waals surface area (Å²) in [5.74, 6) is -3.59. The van der Waals surface area contributed by atoms with E-state index in [0.717, 1.165) is 18.9 Å². The summed E-state index contributed by atoms with van der Waals surface area (Å²) in [7, 11) is 0. The predicted octanol–water partition coefficient (Wildman–Crippen LogP) is 0.994. The maximum atomic E-state index is 14.6. The van der Waals surface area contributed by atoms with Gasteiger partial charge in [0.25, 0.3) is 5.91 Å². The van der Waals surface area contributed by atoms with Crippen molar-refractivity contribution in [3.05, 3.63) is 48.3 Å². The molecule has 1 aromatic heterocycles. The summed E-state index contributed by atoms with van der Waals surface area (Å²) in [6, 6.07) is 2.77. The number of carboxylic acids is 1. The number of imidazole rings is 1. The fourth-order valence-corrected chi connectivity index (χ4v) is 4.35. The summed E-state index contributed by atoms with van der Waals surface area (Å²) in [4.78, 5) is 55.2. The van der Waals surface area contributed by atoms with Gasteiger partial charge in [-0.25, -0.2) is 9.37 Å². The first kappa shape index (κ1) is 24.8. The van der Waals surface area contributed by atoms with Crippen molar-refractivity contribution in [1.82, 2.24) is 25.1 Å². The summed E-state index contributed by atoms with van der Waals surface area (Å²) in [5.41, 5.74) is 0.277. The molecule has 3 N–H and O–H groups in total. The topological polar surface area (TPSA) is 157 Å². The molecule has 0 radical (unpaired) electrons. The van der Waals surface area contributed by atoms with E-state index in [0.29, 0.717) is 19.4 Å². The average molecular weight is 496 g/mol. The van der Waals surface area contributed by atoms with Crippen molar-refractivity contribution in [2.75, 3.05) is 6.54 Å². The average Bonchev–Trinajstić information content (AvgIpc) is 3.32. The molecule has 11 nitrogen and oxygen atoms in total. The quantitative estimate of drug-likeness (QED) is 0.467. The first-order valence-corrected chi connectivity index (χ1v) is 11.6. The minimum atomic E-state index is -1.23. The summed E-state index contributed by atoms with van der Waals surface area (Å²) in [5, 5.41) is 23.1. The van der Waals surface area contributed by atoms with Crippen LogP contribution >= 0.6 is 0 Å². The van der Waals surface area contributed by atoms with Crippen LogP contribution < -0.4 is 10.6 Å². The molecule has 1 saturated carbocycles. The molecule has 2 heterocycles. The molecule has 2 aromatic rings. The maximum Gasteiger partial charge on any atom is 0.306 e. The molecule has 188 valence electrons. The van der Waals surface area contributed by atoms with Gasteiger partial charge < -0.3 is 25.2 Å². The fourth-order valence-electron chi connectivity index (χ4n) is 4.35. The van der Waals surface area contributed by atoms with Crippen LogP contribution in [0.15, 0.2) is 36.9 Å². The second kappa shape index (κ2) is 10.6. The lowest BCUT2D eigenvalue weighted by molar-refractivity contribution is -0.141. The number of amides is 3. The molecule has 1 aromatic carbocycles. The van der Waals surface area contributed by atoms with Gasteiger partial charge in [0.1, 0.15) is 23.9 Å². The second-order valence-electron chi connectivity index (χ2n) is 8.90. The van der Waals surface area contributed by atoms with E-state index in [-0.39, 0.29) is 17.2 Å². The molecule has 1 aliphatic carbocycles. The van der Waals surface area contributed by atoms with Crippen molar-refractivity contribution >= 4 is 23.7 Å².